The minimum absolute atomic E-state index is 0.0323. The summed E-state index contributed by atoms with van der Waals surface area (Å²) in [7, 11) is 1.41. The molecule has 0 fully saturated rings. The molecule has 10 heteroatoms. The van der Waals surface area contributed by atoms with Crippen molar-refractivity contribution in [3.05, 3.63) is 63.7 Å². The van der Waals surface area contributed by atoms with Crippen molar-refractivity contribution < 1.29 is 34.1 Å². The number of hydrazine groups is 1. The van der Waals surface area contributed by atoms with Gasteiger partial charge in [0.05, 0.1) is 13.0 Å². The summed E-state index contributed by atoms with van der Waals surface area (Å²) in [5, 5.41) is 17.7. The third-order valence-electron chi connectivity index (χ3n) is 4.61. The summed E-state index contributed by atoms with van der Waals surface area (Å²) in [5.41, 5.74) is 4.99. The van der Waals surface area contributed by atoms with Crippen LogP contribution < -0.4 is 11.3 Å². The molecule has 0 saturated heterocycles. The van der Waals surface area contributed by atoms with Gasteiger partial charge in [-0.3, -0.25) is 15.0 Å². The predicted octanol–water partition coefficient (Wildman–Crippen LogP) is 2.27. The van der Waals surface area contributed by atoms with E-state index in [4.69, 9.17) is 21.8 Å². The molecule has 0 radical (unpaired) electrons. The number of carbonyl (C=O) groups excluding carboxylic acids is 2. The van der Waals surface area contributed by atoms with Gasteiger partial charge >= 0.3 is 17.9 Å². The molecule has 2 aliphatic rings. The van der Waals surface area contributed by atoms with Crippen LogP contribution in [0.3, 0.4) is 0 Å². The Kier molecular flexibility index (Phi) is 10.3. The molecular weight excluding hydrogens is 440 g/mol. The number of halogens is 1. The highest BCUT2D eigenvalue weighted by atomic mass is 35.5. The van der Waals surface area contributed by atoms with Crippen molar-refractivity contribution in [2.75, 3.05) is 7.11 Å². The highest BCUT2D eigenvalue weighted by Crippen LogP contribution is 2.30. The number of fused-ring (bicyclic) bond motifs is 1. The second-order valence-electron chi connectivity index (χ2n) is 6.85. The summed E-state index contributed by atoms with van der Waals surface area (Å²) in [5.74, 6) is 0.507. The number of esters is 1. The smallest absolute Gasteiger partial charge is 0.334 e. The Morgan fingerprint density at radius 1 is 1.16 bits per heavy atom. The molecule has 0 aromatic heterocycles. The molecule has 0 spiro atoms. The van der Waals surface area contributed by atoms with Crippen LogP contribution in [0.1, 0.15) is 25.0 Å². The maximum atomic E-state index is 11.2. The fourth-order valence-corrected chi connectivity index (χ4v) is 3.17. The molecule has 2 unspecified atom stereocenters. The molecule has 0 saturated carbocycles. The van der Waals surface area contributed by atoms with Crippen molar-refractivity contribution in [2.24, 2.45) is 17.7 Å². The van der Waals surface area contributed by atoms with Crippen LogP contribution in [0.4, 0.5) is 0 Å². The Hall–Kier alpha value is -3.43. The highest BCUT2D eigenvalue weighted by molar-refractivity contribution is 6.31. The Labute approximate surface area is 190 Å². The minimum Gasteiger partial charge on any atom is -0.481 e. The van der Waals surface area contributed by atoms with E-state index in [9.17, 15) is 19.2 Å². The van der Waals surface area contributed by atoms with Crippen LogP contribution in [0.15, 0.2) is 52.6 Å². The van der Waals surface area contributed by atoms with Crippen molar-refractivity contribution in [1.82, 2.24) is 5.43 Å². The molecule has 9 nitrogen and oxygen atoms in total. The van der Waals surface area contributed by atoms with E-state index in [0.717, 1.165) is 11.1 Å². The van der Waals surface area contributed by atoms with E-state index in [1.54, 1.807) is 6.92 Å². The number of hydrogen-bond donors (Lipinski definition) is 4. The fraction of sp³-hybridized carbons (Fsp3) is 0.273. The average molecular weight is 465 g/mol. The molecule has 0 bridgehead atoms. The maximum absolute atomic E-state index is 11.2. The lowest BCUT2D eigenvalue weighted by molar-refractivity contribution is -0.141. The number of carbonyl (C=O) groups is 4. The molecule has 2 aliphatic carbocycles. The lowest BCUT2D eigenvalue weighted by atomic mass is 9.83. The maximum Gasteiger partial charge on any atom is 0.334 e. The molecule has 32 heavy (non-hydrogen) atoms. The van der Waals surface area contributed by atoms with E-state index in [2.05, 4.69) is 10.6 Å². The van der Waals surface area contributed by atoms with Gasteiger partial charge in [0.1, 0.15) is 0 Å². The zero-order chi connectivity index (χ0) is 24.4. The van der Waals surface area contributed by atoms with Crippen molar-refractivity contribution in [2.45, 2.75) is 20.3 Å². The monoisotopic (exact) mass is 464 g/mol. The Balaban J connectivity index is 0.000000266. The van der Waals surface area contributed by atoms with E-state index in [0.29, 0.717) is 6.42 Å². The largest absolute Gasteiger partial charge is 0.481 e. The van der Waals surface area contributed by atoms with E-state index in [-0.39, 0.29) is 22.5 Å². The van der Waals surface area contributed by atoms with Gasteiger partial charge < -0.3 is 14.9 Å². The lowest BCUT2D eigenvalue weighted by Gasteiger charge is -2.21. The van der Waals surface area contributed by atoms with E-state index in [1.165, 1.54) is 31.7 Å². The van der Waals surface area contributed by atoms with Crippen LogP contribution in [0.5, 0.6) is 0 Å². The third kappa shape index (κ3) is 7.68. The minimum atomic E-state index is -1.13. The number of nitrogens with two attached hydrogens (primary N) is 1. The van der Waals surface area contributed by atoms with E-state index in [1.807, 2.05) is 35.8 Å². The van der Waals surface area contributed by atoms with Crippen LogP contribution in [-0.4, -0.2) is 41.1 Å². The third-order valence-corrected chi connectivity index (χ3v) is 4.85. The average Bonchev–Trinajstić information content (AvgIpc) is 3.19. The summed E-state index contributed by atoms with van der Waals surface area (Å²) < 4.78 is 4.66. The first-order chi connectivity index (χ1) is 15.0. The Morgan fingerprint density at radius 2 is 1.75 bits per heavy atom. The van der Waals surface area contributed by atoms with Crippen molar-refractivity contribution in [1.29, 1.82) is 0 Å². The SMILES string of the molecule is CC(=O)NN.CC1C(C(=O)O)=CC(Cl)=CC1C(=O)O.COC(=O)C1=Cc2ccccc2C1. The number of methoxy groups -OCH3 is 1. The van der Waals surface area contributed by atoms with Crippen LogP contribution in [-0.2, 0) is 30.3 Å². The van der Waals surface area contributed by atoms with Crippen LogP contribution in [0.25, 0.3) is 6.08 Å². The first-order valence-electron chi connectivity index (χ1n) is 9.40. The summed E-state index contributed by atoms with van der Waals surface area (Å²) in [6.45, 7) is 2.90. The molecular formula is C22H25ClN2O7. The van der Waals surface area contributed by atoms with Gasteiger partial charge in [0.25, 0.3) is 0 Å². The van der Waals surface area contributed by atoms with Crippen LogP contribution in [0.2, 0.25) is 0 Å². The van der Waals surface area contributed by atoms with Crippen molar-refractivity contribution >= 4 is 41.5 Å². The number of ether oxygens (including phenoxy) is 1. The van der Waals surface area contributed by atoms with E-state index < -0.39 is 23.8 Å². The zero-order valence-electron chi connectivity index (χ0n) is 17.8. The Bertz CT molecular complexity index is 982. The highest BCUT2D eigenvalue weighted by Gasteiger charge is 2.31. The number of carboxylic acid groups (broad SMARTS) is 2. The molecule has 0 aliphatic heterocycles. The van der Waals surface area contributed by atoms with Gasteiger partial charge in [0, 0.05) is 35.4 Å². The molecule has 1 amide bonds. The lowest BCUT2D eigenvalue weighted by Crippen LogP contribution is -2.26. The topological polar surface area (TPSA) is 156 Å². The molecule has 172 valence electrons. The van der Waals surface area contributed by atoms with Gasteiger partial charge in [-0.05, 0) is 23.3 Å². The second-order valence-corrected chi connectivity index (χ2v) is 7.28. The normalized spacial score (nSPS) is 18.1. The van der Waals surface area contributed by atoms with Gasteiger partial charge in [-0.2, -0.15) is 0 Å². The number of benzene rings is 1. The summed E-state index contributed by atoms with van der Waals surface area (Å²) in [6, 6.07) is 7.98. The number of allylic oxidation sites excluding steroid dienone is 2. The van der Waals surface area contributed by atoms with Crippen LogP contribution >= 0.6 is 11.6 Å². The first kappa shape index (κ1) is 26.6. The van der Waals surface area contributed by atoms with Gasteiger partial charge in [-0.1, -0.05) is 48.9 Å². The number of carboxylic acids is 2. The number of nitrogens with one attached hydrogen (secondary N) is 1. The van der Waals surface area contributed by atoms with Crippen molar-refractivity contribution in [3.8, 4) is 0 Å². The molecule has 3 rings (SSSR count). The summed E-state index contributed by atoms with van der Waals surface area (Å²) in [4.78, 5) is 42.3. The van der Waals surface area contributed by atoms with Gasteiger partial charge in [0.2, 0.25) is 5.91 Å². The second kappa shape index (κ2) is 12.4. The molecule has 1 aromatic rings. The molecule has 0 heterocycles. The van der Waals surface area contributed by atoms with Gasteiger partial charge in [-0.15, -0.1) is 0 Å². The molecule has 1 aromatic carbocycles. The van der Waals surface area contributed by atoms with E-state index >= 15 is 0 Å². The molecule has 2 atom stereocenters. The molecule has 5 N–H and O–H groups in total. The number of hydrogen-bond acceptors (Lipinski definition) is 6. The Morgan fingerprint density at radius 3 is 2.22 bits per heavy atom. The number of amides is 1. The summed E-state index contributed by atoms with van der Waals surface area (Å²) >= 11 is 5.62. The number of rotatable bonds is 3. The van der Waals surface area contributed by atoms with Gasteiger partial charge in [-0.25, -0.2) is 15.4 Å². The van der Waals surface area contributed by atoms with Crippen molar-refractivity contribution in [3.63, 3.8) is 0 Å². The number of aliphatic carboxylic acids is 2. The van der Waals surface area contributed by atoms with Gasteiger partial charge in [0.15, 0.2) is 0 Å². The fourth-order valence-electron chi connectivity index (χ4n) is 2.92. The first-order valence-corrected chi connectivity index (χ1v) is 9.78. The summed E-state index contributed by atoms with van der Waals surface area (Å²) in [6.07, 6.45) is 5.22. The quantitative estimate of drug-likeness (QED) is 0.229. The standard InChI is InChI=1S/C11H10O2.C9H9ClO4.C2H6N2O/c1-13-11(12)10-6-8-4-2-3-5-9(8)7-10;1-4-6(8(11)12)2-5(10)3-7(4)9(13)14;1-2(5)4-3/h2-6H,7H2,1H3;2-4,6H,1H3,(H,11,12)(H,13,14);3H2,1H3,(H,4,5). The van der Waals surface area contributed by atoms with Crippen LogP contribution in [0, 0.1) is 11.8 Å². The predicted molar refractivity (Wildman–Crippen MR) is 118 cm³/mol. The zero-order valence-corrected chi connectivity index (χ0v) is 18.6.